The summed E-state index contributed by atoms with van der Waals surface area (Å²) in [7, 11) is 2.12. The van der Waals surface area contributed by atoms with Crippen molar-refractivity contribution in [1.82, 2.24) is 15.1 Å². The molecule has 1 aromatic heterocycles. The van der Waals surface area contributed by atoms with Gasteiger partial charge in [-0.1, -0.05) is 6.92 Å². The second kappa shape index (κ2) is 7.45. The molecule has 0 N–H and O–H groups in total. The SMILES string of the molecule is CCS[C@@H]1CC[C@@H](N(C)Cc2nnc(-c3ccc(F)cc3)o2)C1. The minimum absolute atomic E-state index is 0.269. The van der Waals surface area contributed by atoms with Crippen LogP contribution in [0.1, 0.15) is 32.1 Å². The molecule has 0 radical (unpaired) electrons. The summed E-state index contributed by atoms with van der Waals surface area (Å²) in [5.74, 6) is 1.97. The van der Waals surface area contributed by atoms with Crippen molar-refractivity contribution in [2.45, 2.75) is 44.0 Å². The third-order valence-corrected chi connectivity index (χ3v) is 5.56. The van der Waals surface area contributed by atoms with Gasteiger partial charge in [0.2, 0.25) is 11.8 Å². The zero-order valence-corrected chi connectivity index (χ0v) is 14.4. The Morgan fingerprint density at radius 2 is 2.04 bits per heavy atom. The molecule has 1 aromatic carbocycles. The fourth-order valence-electron chi connectivity index (χ4n) is 3.07. The van der Waals surface area contributed by atoms with E-state index in [0.29, 0.717) is 24.4 Å². The quantitative estimate of drug-likeness (QED) is 0.799. The van der Waals surface area contributed by atoms with Crippen LogP contribution in [0.4, 0.5) is 4.39 Å². The number of halogens is 1. The van der Waals surface area contributed by atoms with Crippen molar-refractivity contribution in [2.24, 2.45) is 0 Å². The van der Waals surface area contributed by atoms with Crippen LogP contribution in [-0.4, -0.2) is 39.2 Å². The molecular weight excluding hydrogens is 313 g/mol. The number of benzene rings is 1. The summed E-state index contributed by atoms with van der Waals surface area (Å²) in [6.07, 6.45) is 3.75. The van der Waals surface area contributed by atoms with Crippen LogP contribution in [0.15, 0.2) is 28.7 Å². The molecule has 0 bridgehead atoms. The van der Waals surface area contributed by atoms with Crippen LogP contribution in [0.2, 0.25) is 0 Å². The summed E-state index contributed by atoms with van der Waals surface area (Å²) in [6.45, 7) is 2.87. The van der Waals surface area contributed by atoms with Gasteiger partial charge in [0.15, 0.2) is 0 Å². The Kier molecular flexibility index (Phi) is 5.33. The highest BCUT2D eigenvalue weighted by atomic mass is 32.2. The molecule has 1 aliphatic carbocycles. The molecule has 4 nitrogen and oxygen atoms in total. The molecule has 1 saturated carbocycles. The monoisotopic (exact) mass is 335 g/mol. The van der Waals surface area contributed by atoms with Gasteiger partial charge in [-0.15, -0.1) is 10.2 Å². The first-order valence-corrected chi connectivity index (χ1v) is 9.10. The Hall–Kier alpha value is -1.40. The van der Waals surface area contributed by atoms with Crippen molar-refractivity contribution >= 4 is 11.8 Å². The smallest absolute Gasteiger partial charge is 0.247 e. The standard InChI is InChI=1S/C17H22FN3OS/c1-3-23-15-9-8-14(10-15)21(2)11-16-19-20-17(22-16)12-4-6-13(18)7-5-12/h4-7,14-15H,3,8-11H2,1-2H3/t14-,15-/m1/s1. The largest absolute Gasteiger partial charge is 0.419 e. The van der Waals surface area contributed by atoms with Crippen molar-refractivity contribution in [3.63, 3.8) is 0 Å². The van der Waals surface area contributed by atoms with Crippen molar-refractivity contribution in [3.8, 4) is 11.5 Å². The Balaban J connectivity index is 1.59. The molecule has 1 aliphatic rings. The second-order valence-corrected chi connectivity index (χ2v) is 7.54. The van der Waals surface area contributed by atoms with Crippen LogP contribution in [0.25, 0.3) is 11.5 Å². The van der Waals surface area contributed by atoms with Crippen LogP contribution in [0.5, 0.6) is 0 Å². The van der Waals surface area contributed by atoms with E-state index in [1.54, 1.807) is 12.1 Å². The summed E-state index contributed by atoms with van der Waals surface area (Å²) in [6, 6.07) is 6.69. The number of thioether (sulfide) groups is 1. The Labute approximate surface area is 140 Å². The molecule has 0 saturated heterocycles. The summed E-state index contributed by atoms with van der Waals surface area (Å²) in [5.41, 5.74) is 0.744. The van der Waals surface area contributed by atoms with Crippen molar-refractivity contribution in [1.29, 1.82) is 0 Å². The Morgan fingerprint density at radius 3 is 2.78 bits per heavy atom. The number of hydrogen-bond acceptors (Lipinski definition) is 5. The van der Waals surface area contributed by atoms with Crippen LogP contribution in [-0.2, 0) is 6.54 Å². The van der Waals surface area contributed by atoms with E-state index < -0.39 is 0 Å². The highest BCUT2D eigenvalue weighted by molar-refractivity contribution is 7.99. The van der Waals surface area contributed by atoms with Gasteiger partial charge in [-0.3, -0.25) is 4.90 Å². The number of nitrogens with zero attached hydrogens (tertiary/aromatic N) is 3. The van der Waals surface area contributed by atoms with E-state index in [0.717, 1.165) is 10.8 Å². The minimum atomic E-state index is -0.269. The Morgan fingerprint density at radius 1 is 1.26 bits per heavy atom. The lowest BCUT2D eigenvalue weighted by Crippen LogP contribution is -2.29. The van der Waals surface area contributed by atoms with Crippen molar-refractivity contribution in [2.75, 3.05) is 12.8 Å². The first kappa shape index (κ1) is 16.5. The van der Waals surface area contributed by atoms with Gasteiger partial charge in [0, 0.05) is 16.9 Å². The molecule has 6 heteroatoms. The van der Waals surface area contributed by atoms with E-state index in [2.05, 4.69) is 40.8 Å². The lowest BCUT2D eigenvalue weighted by atomic mass is 10.2. The molecule has 2 atom stereocenters. The Bertz CT molecular complexity index is 631. The molecule has 3 rings (SSSR count). The van der Waals surface area contributed by atoms with Gasteiger partial charge >= 0.3 is 0 Å². The van der Waals surface area contributed by atoms with E-state index >= 15 is 0 Å². The summed E-state index contributed by atoms with van der Waals surface area (Å²) >= 11 is 2.06. The number of aromatic nitrogens is 2. The summed E-state index contributed by atoms with van der Waals surface area (Å²) < 4.78 is 18.7. The van der Waals surface area contributed by atoms with E-state index in [1.807, 2.05) is 0 Å². The van der Waals surface area contributed by atoms with E-state index in [1.165, 1.54) is 37.1 Å². The average molecular weight is 335 g/mol. The minimum Gasteiger partial charge on any atom is -0.419 e. The normalized spacial score (nSPS) is 21.2. The fourth-order valence-corrected chi connectivity index (χ4v) is 4.21. The van der Waals surface area contributed by atoms with Crippen LogP contribution in [0.3, 0.4) is 0 Å². The van der Waals surface area contributed by atoms with E-state index in [9.17, 15) is 4.39 Å². The van der Waals surface area contributed by atoms with E-state index in [-0.39, 0.29) is 5.82 Å². The maximum atomic E-state index is 13.0. The summed E-state index contributed by atoms with van der Waals surface area (Å²) in [5, 5.41) is 8.98. The summed E-state index contributed by atoms with van der Waals surface area (Å²) in [4.78, 5) is 2.30. The first-order valence-electron chi connectivity index (χ1n) is 8.06. The number of rotatable bonds is 6. The van der Waals surface area contributed by atoms with Gasteiger partial charge in [0.1, 0.15) is 5.82 Å². The number of hydrogen-bond donors (Lipinski definition) is 0. The zero-order chi connectivity index (χ0) is 16.2. The topological polar surface area (TPSA) is 42.2 Å². The predicted molar refractivity (Wildman–Crippen MR) is 90.7 cm³/mol. The van der Waals surface area contributed by atoms with Gasteiger partial charge in [0.05, 0.1) is 6.54 Å². The lowest BCUT2D eigenvalue weighted by molar-refractivity contribution is 0.216. The molecule has 2 aromatic rings. The highest BCUT2D eigenvalue weighted by Gasteiger charge is 2.28. The molecule has 23 heavy (non-hydrogen) atoms. The van der Waals surface area contributed by atoms with Crippen LogP contribution in [0, 0.1) is 5.82 Å². The fraction of sp³-hybridized carbons (Fsp3) is 0.529. The van der Waals surface area contributed by atoms with Crippen molar-refractivity contribution in [3.05, 3.63) is 36.0 Å². The molecule has 0 spiro atoms. The molecule has 0 amide bonds. The maximum absolute atomic E-state index is 13.0. The van der Waals surface area contributed by atoms with Crippen LogP contribution >= 0.6 is 11.8 Å². The second-order valence-electron chi connectivity index (χ2n) is 5.97. The predicted octanol–water partition coefficient (Wildman–Crippen LogP) is 3.98. The molecule has 0 unspecified atom stereocenters. The molecule has 1 fully saturated rings. The maximum Gasteiger partial charge on any atom is 0.247 e. The zero-order valence-electron chi connectivity index (χ0n) is 13.5. The molecule has 0 aliphatic heterocycles. The van der Waals surface area contributed by atoms with Gasteiger partial charge in [-0.25, -0.2) is 4.39 Å². The third-order valence-electron chi connectivity index (χ3n) is 4.33. The molecular formula is C17H22FN3OS. The first-order chi connectivity index (χ1) is 11.2. The molecule has 124 valence electrons. The van der Waals surface area contributed by atoms with Crippen molar-refractivity contribution < 1.29 is 8.81 Å². The average Bonchev–Trinajstić information content (AvgIpc) is 3.18. The van der Waals surface area contributed by atoms with E-state index in [4.69, 9.17) is 4.42 Å². The van der Waals surface area contributed by atoms with Gasteiger partial charge < -0.3 is 4.42 Å². The lowest BCUT2D eigenvalue weighted by Gasteiger charge is -2.22. The third kappa shape index (κ3) is 4.12. The highest BCUT2D eigenvalue weighted by Crippen LogP contribution is 2.32. The van der Waals surface area contributed by atoms with Gasteiger partial charge in [0.25, 0.3) is 0 Å². The van der Waals surface area contributed by atoms with Crippen LogP contribution < -0.4 is 0 Å². The van der Waals surface area contributed by atoms with Gasteiger partial charge in [-0.05, 0) is 56.3 Å². The molecule has 1 heterocycles. The van der Waals surface area contributed by atoms with Gasteiger partial charge in [-0.2, -0.15) is 11.8 Å².